The molecule has 0 bridgehead atoms. The summed E-state index contributed by atoms with van der Waals surface area (Å²) in [6.45, 7) is 5.74. The minimum absolute atomic E-state index is 0.397. The molecule has 2 aliphatic rings. The van der Waals surface area contributed by atoms with Gasteiger partial charge in [0, 0.05) is 5.41 Å². The van der Waals surface area contributed by atoms with Gasteiger partial charge in [-0.1, -0.05) is 33.1 Å². The molecule has 0 aliphatic heterocycles. The van der Waals surface area contributed by atoms with Crippen LogP contribution in [0.3, 0.4) is 0 Å². The van der Waals surface area contributed by atoms with E-state index in [4.69, 9.17) is 4.74 Å². The Labute approximate surface area is 118 Å². The van der Waals surface area contributed by atoms with Gasteiger partial charge in [-0.05, 0) is 49.7 Å². The highest BCUT2D eigenvalue weighted by atomic mass is 32.1. The van der Waals surface area contributed by atoms with Crippen LogP contribution in [-0.2, 0) is 4.74 Å². The molecular weight excluding hydrogens is 240 g/mol. The van der Waals surface area contributed by atoms with Gasteiger partial charge in [0.05, 0.1) is 12.7 Å². The number of hydrogen-bond donors (Lipinski definition) is 1. The minimum atomic E-state index is 0.397. The van der Waals surface area contributed by atoms with Gasteiger partial charge in [0.25, 0.3) is 0 Å². The third-order valence-corrected chi connectivity index (χ3v) is 5.83. The third kappa shape index (κ3) is 3.90. The Bertz CT molecular complexity index is 246. The predicted molar refractivity (Wildman–Crippen MR) is 81.4 cm³/mol. The molecule has 0 aromatic heterocycles. The van der Waals surface area contributed by atoms with Crippen molar-refractivity contribution in [3.05, 3.63) is 0 Å². The third-order valence-electron chi connectivity index (χ3n) is 5.16. The Hall–Kier alpha value is 0.310. The molecule has 2 fully saturated rings. The maximum absolute atomic E-state index is 6.26. The van der Waals surface area contributed by atoms with Crippen molar-refractivity contribution in [3.63, 3.8) is 0 Å². The van der Waals surface area contributed by atoms with Crippen molar-refractivity contribution >= 4 is 12.6 Å². The number of ether oxygens (including phenoxy) is 1. The van der Waals surface area contributed by atoms with E-state index >= 15 is 0 Å². The first-order chi connectivity index (χ1) is 8.55. The lowest BCUT2D eigenvalue weighted by Crippen LogP contribution is -2.35. The maximum atomic E-state index is 6.26. The first-order valence-corrected chi connectivity index (χ1v) is 8.41. The van der Waals surface area contributed by atoms with Crippen molar-refractivity contribution in [2.45, 2.75) is 77.7 Å². The van der Waals surface area contributed by atoms with Crippen molar-refractivity contribution in [1.29, 1.82) is 0 Å². The Morgan fingerprint density at radius 3 is 2.17 bits per heavy atom. The Kier molecular flexibility index (Phi) is 5.05. The summed E-state index contributed by atoms with van der Waals surface area (Å²) in [6, 6.07) is 0. The summed E-state index contributed by atoms with van der Waals surface area (Å²) in [5.74, 6) is 1.01. The molecule has 0 unspecified atom stereocenters. The van der Waals surface area contributed by atoms with E-state index in [9.17, 15) is 0 Å². The number of hydrogen-bond acceptors (Lipinski definition) is 2. The molecule has 2 saturated carbocycles. The van der Waals surface area contributed by atoms with Gasteiger partial charge < -0.3 is 4.74 Å². The van der Waals surface area contributed by atoms with Gasteiger partial charge in [-0.25, -0.2) is 0 Å². The van der Waals surface area contributed by atoms with E-state index < -0.39 is 0 Å². The van der Waals surface area contributed by atoms with Crippen LogP contribution in [0.25, 0.3) is 0 Å². The van der Waals surface area contributed by atoms with Crippen LogP contribution in [0, 0.1) is 10.8 Å². The highest BCUT2D eigenvalue weighted by Gasteiger charge is 2.33. The fraction of sp³-hybridized carbons (Fsp3) is 1.00. The summed E-state index contributed by atoms with van der Waals surface area (Å²) < 4.78 is 6.26. The van der Waals surface area contributed by atoms with Crippen LogP contribution in [0.4, 0.5) is 0 Å². The number of rotatable bonds is 4. The standard InChI is InChI=1S/C16H30OS/c1-15(2)10-6-14(7-11-15)17-12-16(13-18)8-4-3-5-9-16/h14,18H,3-13H2,1-2H3. The van der Waals surface area contributed by atoms with E-state index in [2.05, 4.69) is 26.5 Å². The molecule has 18 heavy (non-hydrogen) atoms. The second kappa shape index (κ2) is 6.17. The molecule has 106 valence electrons. The van der Waals surface area contributed by atoms with E-state index in [0.29, 0.717) is 16.9 Å². The Morgan fingerprint density at radius 1 is 1.00 bits per heavy atom. The van der Waals surface area contributed by atoms with E-state index in [0.717, 1.165) is 12.4 Å². The molecule has 0 radical (unpaired) electrons. The largest absolute Gasteiger partial charge is 0.378 e. The molecular formula is C16H30OS. The van der Waals surface area contributed by atoms with Gasteiger partial charge in [-0.3, -0.25) is 0 Å². The minimum Gasteiger partial charge on any atom is -0.378 e. The SMILES string of the molecule is CC1(C)CCC(OCC2(CS)CCCCC2)CC1. The fourth-order valence-corrected chi connectivity index (χ4v) is 3.89. The van der Waals surface area contributed by atoms with Crippen LogP contribution in [-0.4, -0.2) is 18.5 Å². The lowest BCUT2D eigenvalue weighted by atomic mass is 9.75. The summed E-state index contributed by atoms with van der Waals surface area (Å²) in [6.07, 6.45) is 12.5. The molecule has 0 saturated heterocycles. The van der Waals surface area contributed by atoms with Crippen molar-refractivity contribution in [2.75, 3.05) is 12.4 Å². The van der Waals surface area contributed by atoms with Crippen molar-refractivity contribution in [2.24, 2.45) is 10.8 Å². The van der Waals surface area contributed by atoms with Crippen LogP contribution < -0.4 is 0 Å². The summed E-state index contributed by atoms with van der Waals surface area (Å²) in [4.78, 5) is 0. The predicted octanol–water partition coefficient (Wildman–Crippen LogP) is 4.85. The molecule has 2 aliphatic carbocycles. The van der Waals surface area contributed by atoms with Gasteiger partial charge >= 0.3 is 0 Å². The lowest BCUT2D eigenvalue weighted by molar-refractivity contribution is -0.0432. The zero-order chi connectivity index (χ0) is 13.1. The molecule has 1 nitrogen and oxygen atoms in total. The van der Waals surface area contributed by atoms with E-state index in [-0.39, 0.29) is 0 Å². The maximum Gasteiger partial charge on any atom is 0.0575 e. The summed E-state index contributed by atoms with van der Waals surface area (Å²) >= 11 is 4.59. The Balaban J connectivity index is 1.76. The first-order valence-electron chi connectivity index (χ1n) is 7.78. The van der Waals surface area contributed by atoms with Crippen LogP contribution >= 0.6 is 12.6 Å². The molecule has 0 heterocycles. The van der Waals surface area contributed by atoms with Crippen LogP contribution in [0.15, 0.2) is 0 Å². The smallest absolute Gasteiger partial charge is 0.0575 e. The van der Waals surface area contributed by atoms with Gasteiger partial charge in [0.1, 0.15) is 0 Å². The average molecular weight is 270 g/mol. The Morgan fingerprint density at radius 2 is 1.61 bits per heavy atom. The normalized spacial score (nSPS) is 28.2. The van der Waals surface area contributed by atoms with Crippen molar-refractivity contribution in [1.82, 2.24) is 0 Å². The summed E-state index contributed by atoms with van der Waals surface area (Å²) in [5, 5.41) is 0. The van der Waals surface area contributed by atoms with Crippen LogP contribution in [0.1, 0.15) is 71.6 Å². The lowest BCUT2D eigenvalue weighted by Gasteiger charge is -2.39. The molecule has 0 atom stereocenters. The molecule has 0 N–H and O–H groups in total. The zero-order valence-corrected chi connectivity index (χ0v) is 13.1. The van der Waals surface area contributed by atoms with Gasteiger partial charge in [-0.2, -0.15) is 12.6 Å². The van der Waals surface area contributed by atoms with Gasteiger partial charge in [0.2, 0.25) is 0 Å². The molecule has 0 amide bonds. The molecule has 2 rings (SSSR count). The monoisotopic (exact) mass is 270 g/mol. The van der Waals surface area contributed by atoms with E-state index in [1.165, 1.54) is 57.8 Å². The average Bonchev–Trinajstić information content (AvgIpc) is 2.39. The highest BCUT2D eigenvalue weighted by Crippen LogP contribution is 2.40. The van der Waals surface area contributed by atoms with Gasteiger partial charge in [-0.15, -0.1) is 0 Å². The quantitative estimate of drug-likeness (QED) is 0.718. The van der Waals surface area contributed by atoms with Crippen molar-refractivity contribution in [3.8, 4) is 0 Å². The highest BCUT2D eigenvalue weighted by molar-refractivity contribution is 7.80. The second-order valence-corrected chi connectivity index (χ2v) is 7.71. The summed E-state index contributed by atoms with van der Waals surface area (Å²) in [5.41, 5.74) is 0.945. The second-order valence-electron chi connectivity index (χ2n) is 7.39. The number of thiol groups is 1. The van der Waals surface area contributed by atoms with Gasteiger partial charge in [0.15, 0.2) is 0 Å². The molecule has 2 heteroatoms. The van der Waals surface area contributed by atoms with Crippen LogP contribution in [0.2, 0.25) is 0 Å². The van der Waals surface area contributed by atoms with E-state index in [1.807, 2.05) is 0 Å². The van der Waals surface area contributed by atoms with Crippen molar-refractivity contribution < 1.29 is 4.74 Å². The summed E-state index contributed by atoms with van der Waals surface area (Å²) in [7, 11) is 0. The van der Waals surface area contributed by atoms with E-state index in [1.54, 1.807) is 0 Å². The van der Waals surface area contributed by atoms with Crippen LogP contribution in [0.5, 0.6) is 0 Å². The topological polar surface area (TPSA) is 9.23 Å². The molecule has 0 spiro atoms. The fourth-order valence-electron chi connectivity index (χ4n) is 3.48. The molecule has 0 aromatic rings. The molecule has 0 aromatic carbocycles. The first kappa shape index (κ1) is 14.7. The zero-order valence-electron chi connectivity index (χ0n) is 12.2.